The fourth-order valence-corrected chi connectivity index (χ4v) is 4.62. The van der Waals surface area contributed by atoms with Gasteiger partial charge in [-0.15, -0.1) is 0 Å². The number of halogens is 2. The quantitative estimate of drug-likeness (QED) is 0.338. The molecule has 4 rings (SSSR count). The lowest BCUT2D eigenvalue weighted by Gasteiger charge is -2.16. The van der Waals surface area contributed by atoms with Gasteiger partial charge in [0, 0.05) is 10.0 Å². The Kier molecular flexibility index (Phi) is 7.13. The van der Waals surface area contributed by atoms with Crippen molar-refractivity contribution in [2.24, 2.45) is 4.99 Å². The van der Waals surface area contributed by atoms with Crippen molar-refractivity contribution in [3.8, 4) is 5.75 Å². The zero-order valence-electron chi connectivity index (χ0n) is 18.4. The summed E-state index contributed by atoms with van der Waals surface area (Å²) in [5.74, 6) is 0.589. The van der Waals surface area contributed by atoms with Crippen LogP contribution in [-0.4, -0.2) is 17.7 Å². The molecule has 0 aliphatic carbocycles. The predicted octanol–water partition coefficient (Wildman–Crippen LogP) is 7.82. The molecular formula is C26H22Cl2N2O2S. The van der Waals surface area contributed by atoms with Crippen LogP contribution in [0.1, 0.15) is 23.6 Å². The van der Waals surface area contributed by atoms with Crippen molar-refractivity contribution in [2.75, 3.05) is 11.5 Å². The van der Waals surface area contributed by atoms with Crippen molar-refractivity contribution in [2.45, 2.75) is 20.8 Å². The minimum Gasteiger partial charge on any atom is -0.494 e. The Morgan fingerprint density at radius 2 is 1.73 bits per heavy atom. The van der Waals surface area contributed by atoms with E-state index in [9.17, 15) is 4.79 Å². The Balaban J connectivity index is 1.78. The van der Waals surface area contributed by atoms with Gasteiger partial charge >= 0.3 is 0 Å². The van der Waals surface area contributed by atoms with Gasteiger partial charge in [0.05, 0.1) is 22.9 Å². The monoisotopic (exact) mass is 496 g/mol. The number of hydrogen-bond donors (Lipinski definition) is 0. The van der Waals surface area contributed by atoms with Crippen molar-refractivity contribution < 1.29 is 9.53 Å². The first-order valence-electron chi connectivity index (χ1n) is 10.4. The summed E-state index contributed by atoms with van der Waals surface area (Å²) < 4.78 is 5.59. The lowest BCUT2D eigenvalue weighted by molar-refractivity contribution is -0.113. The highest BCUT2D eigenvalue weighted by molar-refractivity contribution is 8.19. The largest absolute Gasteiger partial charge is 0.494 e. The third-order valence-corrected chi connectivity index (χ3v) is 6.85. The molecule has 1 aliphatic heterocycles. The second-order valence-electron chi connectivity index (χ2n) is 7.52. The van der Waals surface area contributed by atoms with Crippen molar-refractivity contribution in [3.05, 3.63) is 92.3 Å². The maximum absolute atomic E-state index is 13.5. The SMILES string of the molecule is CCOc1cccc(/C=C2\SC(=Nc3ccc(C)c(Cl)c3)N(c3ccc(C)c(Cl)c3)C2=O)c1. The molecule has 4 nitrogen and oxygen atoms in total. The maximum atomic E-state index is 13.5. The molecule has 3 aromatic rings. The summed E-state index contributed by atoms with van der Waals surface area (Å²) in [7, 11) is 0. The molecule has 0 N–H and O–H groups in total. The van der Waals surface area contributed by atoms with E-state index in [4.69, 9.17) is 32.9 Å². The van der Waals surface area contributed by atoms with E-state index in [1.165, 1.54) is 11.8 Å². The summed E-state index contributed by atoms with van der Waals surface area (Å²) >= 11 is 14.0. The van der Waals surface area contributed by atoms with E-state index < -0.39 is 0 Å². The van der Waals surface area contributed by atoms with Gasteiger partial charge in [0.15, 0.2) is 5.17 Å². The van der Waals surface area contributed by atoms with Crippen LogP contribution in [0, 0.1) is 13.8 Å². The van der Waals surface area contributed by atoms with E-state index in [1.807, 2.05) is 75.4 Å². The normalized spacial score (nSPS) is 16.2. The number of ether oxygens (including phenoxy) is 1. The van der Waals surface area contributed by atoms with E-state index in [1.54, 1.807) is 17.0 Å². The first-order valence-corrected chi connectivity index (χ1v) is 12.0. The molecule has 0 radical (unpaired) electrons. The Labute approximate surface area is 207 Å². The number of nitrogens with zero attached hydrogens (tertiary/aromatic N) is 2. The molecule has 0 unspecified atom stereocenters. The molecule has 1 heterocycles. The second kappa shape index (κ2) is 10.0. The predicted molar refractivity (Wildman–Crippen MR) is 140 cm³/mol. The summed E-state index contributed by atoms with van der Waals surface area (Å²) in [5.41, 5.74) is 4.10. The van der Waals surface area contributed by atoms with E-state index in [0.29, 0.717) is 38.1 Å². The van der Waals surface area contributed by atoms with Gasteiger partial charge < -0.3 is 4.74 Å². The van der Waals surface area contributed by atoms with Crippen LogP contribution in [0.4, 0.5) is 11.4 Å². The van der Waals surface area contributed by atoms with Gasteiger partial charge in [-0.05, 0) is 91.7 Å². The molecular weight excluding hydrogens is 475 g/mol. The summed E-state index contributed by atoms with van der Waals surface area (Å²) in [6.07, 6.45) is 1.85. The van der Waals surface area contributed by atoms with E-state index >= 15 is 0 Å². The molecule has 0 atom stereocenters. The standard InChI is InChI=1S/C26H22Cl2N2O2S/c1-4-32-21-7-5-6-18(12-21)13-24-25(31)30(20-11-9-17(3)23(28)15-20)26(33-24)29-19-10-8-16(2)22(27)14-19/h5-15H,4H2,1-3H3/b24-13-,29-26?. The van der Waals surface area contributed by atoms with Crippen LogP contribution in [0.25, 0.3) is 6.08 Å². The number of aliphatic imine (C=N–C) groups is 1. The molecule has 1 aliphatic rings. The van der Waals surface area contributed by atoms with Gasteiger partial charge in [0.25, 0.3) is 5.91 Å². The van der Waals surface area contributed by atoms with Gasteiger partial charge in [-0.25, -0.2) is 4.99 Å². The summed E-state index contributed by atoms with van der Waals surface area (Å²) in [6, 6.07) is 18.8. The molecule has 3 aromatic carbocycles. The highest BCUT2D eigenvalue weighted by atomic mass is 35.5. The molecule has 1 fully saturated rings. The molecule has 168 valence electrons. The van der Waals surface area contributed by atoms with Crippen LogP contribution in [0.5, 0.6) is 5.75 Å². The minimum atomic E-state index is -0.168. The fraction of sp³-hybridized carbons (Fsp3) is 0.154. The second-order valence-corrected chi connectivity index (χ2v) is 9.34. The minimum absolute atomic E-state index is 0.168. The number of thioether (sulfide) groups is 1. The Bertz CT molecular complexity index is 1290. The number of amidine groups is 1. The number of benzene rings is 3. The van der Waals surface area contributed by atoms with Crippen molar-refractivity contribution >= 4 is 63.5 Å². The van der Waals surface area contributed by atoms with Crippen LogP contribution in [0.2, 0.25) is 10.0 Å². The average molecular weight is 497 g/mol. The Morgan fingerprint density at radius 3 is 2.42 bits per heavy atom. The molecule has 0 spiro atoms. The smallest absolute Gasteiger partial charge is 0.271 e. The number of anilines is 1. The van der Waals surface area contributed by atoms with Gasteiger partial charge in [-0.1, -0.05) is 47.5 Å². The first-order chi connectivity index (χ1) is 15.9. The third kappa shape index (κ3) is 5.27. The third-order valence-electron chi connectivity index (χ3n) is 5.07. The fourth-order valence-electron chi connectivity index (χ4n) is 3.27. The van der Waals surface area contributed by atoms with E-state index in [2.05, 4.69) is 0 Å². The molecule has 0 bridgehead atoms. The summed E-state index contributed by atoms with van der Waals surface area (Å²) in [5, 5.41) is 1.75. The number of carbonyl (C=O) groups excluding carboxylic acids is 1. The van der Waals surface area contributed by atoms with Crippen LogP contribution >= 0.6 is 35.0 Å². The van der Waals surface area contributed by atoms with Crippen LogP contribution in [-0.2, 0) is 4.79 Å². The Morgan fingerprint density at radius 1 is 1.00 bits per heavy atom. The zero-order chi connectivity index (χ0) is 23.5. The topological polar surface area (TPSA) is 41.9 Å². The van der Waals surface area contributed by atoms with Crippen molar-refractivity contribution in [1.82, 2.24) is 0 Å². The summed E-state index contributed by atoms with van der Waals surface area (Å²) in [4.78, 5) is 20.4. The number of rotatable bonds is 5. The van der Waals surface area contributed by atoms with Gasteiger partial charge in [0.2, 0.25) is 0 Å². The molecule has 0 saturated carbocycles. The highest BCUT2D eigenvalue weighted by Crippen LogP contribution is 2.39. The highest BCUT2D eigenvalue weighted by Gasteiger charge is 2.35. The van der Waals surface area contributed by atoms with Crippen molar-refractivity contribution in [3.63, 3.8) is 0 Å². The van der Waals surface area contributed by atoms with Crippen LogP contribution in [0.3, 0.4) is 0 Å². The number of carbonyl (C=O) groups is 1. The maximum Gasteiger partial charge on any atom is 0.271 e. The van der Waals surface area contributed by atoms with Gasteiger partial charge in [-0.3, -0.25) is 9.69 Å². The first kappa shape index (κ1) is 23.4. The number of aryl methyl sites for hydroxylation is 2. The lowest BCUT2D eigenvalue weighted by Crippen LogP contribution is -2.28. The summed E-state index contributed by atoms with van der Waals surface area (Å²) in [6.45, 7) is 6.37. The number of hydrogen-bond acceptors (Lipinski definition) is 4. The molecule has 1 amide bonds. The van der Waals surface area contributed by atoms with Crippen LogP contribution in [0.15, 0.2) is 70.6 Å². The van der Waals surface area contributed by atoms with Crippen molar-refractivity contribution in [1.29, 1.82) is 0 Å². The van der Waals surface area contributed by atoms with Gasteiger partial charge in [-0.2, -0.15) is 0 Å². The molecule has 0 aromatic heterocycles. The van der Waals surface area contributed by atoms with E-state index in [-0.39, 0.29) is 5.91 Å². The molecule has 7 heteroatoms. The average Bonchev–Trinajstić information content (AvgIpc) is 3.08. The Hall–Kier alpha value is -2.73. The van der Waals surface area contributed by atoms with Crippen LogP contribution < -0.4 is 9.64 Å². The lowest BCUT2D eigenvalue weighted by atomic mass is 10.2. The molecule has 33 heavy (non-hydrogen) atoms. The zero-order valence-corrected chi connectivity index (χ0v) is 20.8. The van der Waals surface area contributed by atoms with Gasteiger partial charge in [0.1, 0.15) is 5.75 Å². The number of amides is 1. The van der Waals surface area contributed by atoms with E-state index in [0.717, 1.165) is 22.4 Å². The molecule has 1 saturated heterocycles.